The third kappa shape index (κ3) is 4.07. The monoisotopic (exact) mass is 329 g/mol. The number of aromatic nitrogens is 1. The van der Waals surface area contributed by atoms with Gasteiger partial charge in [0.15, 0.2) is 0 Å². The van der Waals surface area contributed by atoms with Gasteiger partial charge in [0.05, 0.1) is 4.92 Å². The van der Waals surface area contributed by atoms with E-state index in [-0.39, 0.29) is 5.02 Å². The zero-order valence-electron chi connectivity index (χ0n) is 13.5. The van der Waals surface area contributed by atoms with E-state index in [2.05, 4.69) is 4.98 Å². The summed E-state index contributed by atoms with van der Waals surface area (Å²) in [4.78, 5) is 28.1. The van der Waals surface area contributed by atoms with Gasteiger partial charge in [-0.3, -0.25) is 15.0 Å². The number of hydrogen-bond donors (Lipinski definition) is 0. The molecule has 122 valence electrons. The molecule has 0 aliphatic heterocycles. The summed E-state index contributed by atoms with van der Waals surface area (Å²) in [6.45, 7) is 11.1. The highest BCUT2D eigenvalue weighted by Crippen LogP contribution is 2.33. The molecule has 0 aromatic carbocycles. The molecule has 8 heteroatoms. The van der Waals surface area contributed by atoms with Crippen molar-refractivity contribution < 1.29 is 14.5 Å². The smallest absolute Gasteiger partial charge is 0.384 e. The summed E-state index contributed by atoms with van der Waals surface area (Å²) in [5.41, 5.74) is -1.61. The Morgan fingerprint density at radius 3 is 2.18 bits per heavy atom. The summed E-state index contributed by atoms with van der Waals surface area (Å²) in [5.74, 6) is -0.416. The van der Waals surface area contributed by atoms with Crippen molar-refractivity contribution in [3.8, 4) is 5.88 Å². The first-order valence-electron chi connectivity index (χ1n) is 6.66. The second-order valence-corrected chi connectivity index (χ2v) is 7.16. The maximum absolute atomic E-state index is 12.5. The number of ether oxygens (including phenoxy) is 1. The molecule has 1 aromatic rings. The van der Waals surface area contributed by atoms with Crippen molar-refractivity contribution in [2.75, 3.05) is 0 Å². The van der Waals surface area contributed by atoms with Gasteiger partial charge in [-0.15, -0.1) is 0 Å². The molecule has 0 saturated heterocycles. The van der Waals surface area contributed by atoms with Crippen molar-refractivity contribution in [3.05, 3.63) is 27.4 Å². The fourth-order valence-corrected chi connectivity index (χ4v) is 2.54. The van der Waals surface area contributed by atoms with E-state index in [1.807, 2.05) is 41.5 Å². The molecule has 0 N–H and O–H groups in total. The molecular formula is C14H20ClN3O4. The zero-order chi connectivity index (χ0) is 17.3. The summed E-state index contributed by atoms with van der Waals surface area (Å²) >= 11 is 5.78. The van der Waals surface area contributed by atoms with Gasteiger partial charge in [0.2, 0.25) is 0 Å². The first kappa shape index (κ1) is 18.2. The highest BCUT2D eigenvalue weighted by Gasteiger charge is 2.38. The van der Waals surface area contributed by atoms with Gasteiger partial charge in [0.1, 0.15) is 5.02 Å². The van der Waals surface area contributed by atoms with Crippen LogP contribution in [0.3, 0.4) is 0 Å². The van der Waals surface area contributed by atoms with Crippen LogP contribution in [-0.4, -0.2) is 32.0 Å². The van der Waals surface area contributed by atoms with Gasteiger partial charge in [-0.2, -0.15) is 0 Å². The summed E-state index contributed by atoms with van der Waals surface area (Å²) in [7, 11) is 0. The molecule has 0 aliphatic carbocycles. The fraction of sp³-hybridized carbons (Fsp3) is 0.571. The summed E-state index contributed by atoms with van der Waals surface area (Å²) in [6, 6.07) is 1.27. The molecule has 1 amide bonds. The Morgan fingerprint density at radius 2 is 1.77 bits per heavy atom. The minimum atomic E-state index is -0.726. The minimum Gasteiger partial charge on any atom is -0.384 e. The Balaban J connectivity index is 3.22. The molecule has 0 bridgehead atoms. The van der Waals surface area contributed by atoms with Crippen LogP contribution in [0.4, 0.5) is 10.5 Å². The summed E-state index contributed by atoms with van der Waals surface area (Å²) < 4.78 is 5.15. The van der Waals surface area contributed by atoms with Crippen molar-refractivity contribution >= 4 is 23.4 Å². The second kappa shape index (κ2) is 6.08. The normalized spacial score (nSPS) is 12.0. The minimum absolute atomic E-state index is 0.138. The Kier molecular flexibility index (Phi) is 5.02. The Bertz CT molecular complexity index is 577. The molecule has 0 aliphatic rings. The average molecular weight is 330 g/mol. The SMILES string of the molecule is CC(C)(C)N(C(=O)Oc1nccc(Cl)c1[N+](=O)[O-])C(C)(C)C. The highest BCUT2D eigenvalue weighted by atomic mass is 35.5. The van der Waals surface area contributed by atoms with Crippen molar-refractivity contribution in [1.29, 1.82) is 0 Å². The fourth-order valence-electron chi connectivity index (χ4n) is 2.33. The van der Waals surface area contributed by atoms with Crippen LogP contribution >= 0.6 is 11.6 Å². The number of nitrogens with zero attached hydrogens (tertiary/aromatic N) is 3. The van der Waals surface area contributed by atoms with Crippen LogP contribution in [0, 0.1) is 10.1 Å². The van der Waals surface area contributed by atoms with E-state index in [0.29, 0.717) is 0 Å². The number of pyridine rings is 1. The van der Waals surface area contributed by atoms with E-state index in [0.717, 1.165) is 0 Å². The third-order valence-corrected chi connectivity index (χ3v) is 3.04. The number of amides is 1. The van der Waals surface area contributed by atoms with E-state index in [1.165, 1.54) is 17.2 Å². The van der Waals surface area contributed by atoms with Gasteiger partial charge in [-0.1, -0.05) is 11.6 Å². The molecule has 0 unspecified atom stereocenters. The van der Waals surface area contributed by atoms with Crippen LogP contribution in [0.15, 0.2) is 12.3 Å². The van der Waals surface area contributed by atoms with Gasteiger partial charge in [-0.05, 0) is 47.6 Å². The van der Waals surface area contributed by atoms with Crippen LogP contribution in [0.5, 0.6) is 5.88 Å². The van der Waals surface area contributed by atoms with Gasteiger partial charge in [0, 0.05) is 17.3 Å². The molecule has 0 spiro atoms. The van der Waals surface area contributed by atoms with Gasteiger partial charge < -0.3 is 4.74 Å². The van der Waals surface area contributed by atoms with Crippen LogP contribution in [0.1, 0.15) is 41.5 Å². The quantitative estimate of drug-likeness (QED) is 0.603. The lowest BCUT2D eigenvalue weighted by Crippen LogP contribution is -2.56. The molecule has 0 fully saturated rings. The van der Waals surface area contributed by atoms with Gasteiger partial charge in [0.25, 0.3) is 0 Å². The van der Waals surface area contributed by atoms with Crippen molar-refractivity contribution in [1.82, 2.24) is 9.88 Å². The molecule has 7 nitrogen and oxygen atoms in total. The zero-order valence-corrected chi connectivity index (χ0v) is 14.3. The second-order valence-electron chi connectivity index (χ2n) is 6.75. The number of halogens is 1. The van der Waals surface area contributed by atoms with E-state index in [9.17, 15) is 14.9 Å². The number of rotatable bonds is 2. The number of hydrogen-bond acceptors (Lipinski definition) is 5. The number of carbonyl (C=O) groups excluding carboxylic acids is 1. The lowest BCUT2D eigenvalue weighted by atomic mass is 9.97. The first-order chi connectivity index (χ1) is 9.85. The Hall–Kier alpha value is -1.89. The van der Waals surface area contributed by atoms with E-state index in [1.54, 1.807) is 0 Å². The molecule has 0 atom stereocenters. The van der Waals surface area contributed by atoms with Crippen LogP contribution in [0.25, 0.3) is 0 Å². The van der Waals surface area contributed by atoms with Crippen LogP contribution in [-0.2, 0) is 0 Å². The van der Waals surface area contributed by atoms with Crippen molar-refractivity contribution in [3.63, 3.8) is 0 Å². The molecule has 1 aromatic heterocycles. The van der Waals surface area contributed by atoms with E-state index < -0.39 is 33.7 Å². The molecule has 22 heavy (non-hydrogen) atoms. The molecule has 0 saturated carbocycles. The number of carbonyl (C=O) groups is 1. The van der Waals surface area contributed by atoms with Gasteiger partial charge >= 0.3 is 17.7 Å². The molecule has 0 radical (unpaired) electrons. The Morgan fingerprint density at radius 1 is 1.27 bits per heavy atom. The predicted octanol–water partition coefficient (Wildman–Crippen LogP) is 4.04. The van der Waals surface area contributed by atoms with Crippen molar-refractivity contribution in [2.45, 2.75) is 52.6 Å². The standard InChI is InChI=1S/C14H20ClN3O4/c1-13(2,3)17(14(4,5)6)12(19)22-11-10(18(20)21)9(15)7-8-16-11/h7-8H,1-6H3. The van der Waals surface area contributed by atoms with Crippen LogP contribution < -0.4 is 4.74 Å². The molecular weight excluding hydrogens is 310 g/mol. The molecule has 1 heterocycles. The van der Waals surface area contributed by atoms with E-state index >= 15 is 0 Å². The first-order valence-corrected chi connectivity index (χ1v) is 7.04. The largest absolute Gasteiger partial charge is 0.417 e. The molecule has 1 rings (SSSR count). The van der Waals surface area contributed by atoms with Gasteiger partial charge in [-0.25, -0.2) is 9.78 Å². The topological polar surface area (TPSA) is 85.6 Å². The van der Waals surface area contributed by atoms with Crippen LogP contribution in [0.2, 0.25) is 5.02 Å². The van der Waals surface area contributed by atoms with E-state index in [4.69, 9.17) is 16.3 Å². The third-order valence-electron chi connectivity index (χ3n) is 2.73. The highest BCUT2D eigenvalue weighted by molar-refractivity contribution is 6.32. The Labute approximate surface area is 134 Å². The summed E-state index contributed by atoms with van der Waals surface area (Å²) in [5, 5.41) is 10.9. The predicted molar refractivity (Wildman–Crippen MR) is 83.3 cm³/mol. The average Bonchev–Trinajstić information content (AvgIpc) is 2.23. The maximum atomic E-state index is 12.5. The summed E-state index contributed by atoms with van der Waals surface area (Å²) in [6.07, 6.45) is 0.522. The lowest BCUT2D eigenvalue weighted by molar-refractivity contribution is -0.385. The van der Waals surface area contributed by atoms with Crippen molar-refractivity contribution in [2.24, 2.45) is 0 Å². The lowest BCUT2D eigenvalue weighted by Gasteiger charge is -2.44. The maximum Gasteiger partial charge on any atom is 0.417 e. The number of nitro groups is 1.